The number of thioether (sulfide) groups is 1. The molecule has 4 nitrogen and oxygen atoms in total. The largest absolute Gasteiger partial charge is 0.493 e. The van der Waals surface area contributed by atoms with Gasteiger partial charge < -0.3 is 5.11 Å². The van der Waals surface area contributed by atoms with Crippen LogP contribution in [0.25, 0.3) is 0 Å². The van der Waals surface area contributed by atoms with Crippen molar-refractivity contribution in [1.82, 2.24) is 9.55 Å². The molecule has 1 aliphatic rings. The summed E-state index contributed by atoms with van der Waals surface area (Å²) in [6.07, 6.45) is 0.586. The van der Waals surface area contributed by atoms with Crippen LogP contribution in [0.1, 0.15) is 19.4 Å². The van der Waals surface area contributed by atoms with E-state index in [1.807, 2.05) is 13.8 Å². The lowest BCUT2D eigenvalue weighted by Crippen LogP contribution is -2.25. The lowest BCUT2D eigenvalue weighted by molar-refractivity contribution is 0.421. The predicted molar refractivity (Wildman–Crippen MR) is 59.4 cm³/mol. The first-order valence-corrected chi connectivity index (χ1v) is 6.03. The van der Waals surface area contributed by atoms with Gasteiger partial charge in [0.05, 0.1) is 5.56 Å². The maximum absolute atomic E-state index is 12.0. The Kier molecular flexibility index (Phi) is 2.73. The molecule has 0 spiro atoms. The SMILES string of the molecule is CC(C)Cc1c(O)nc2n(c1=O)CCS2. The number of aromatic nitrogens is 2. The van der Waals surface area contributed by atoms with Crippen LogP contribution in [0.4, 0.5) is 0 Å². The molecule has 82 valence electrons. The number of fused-ring (bicyclic) bond motifs is 1. The molecule has 0 saturated carbocycles. The summed E-state index contributed by atoms with van der Waals surface area (Å²) in [6.45, 7) is 4.74. The maximum Gasteiger partial charge on any atom is 0.261 e. The molecule has 1 aromatic heterocycles. The van der Waals surface area contributed by atoms with Crippen molar-refractivity contribution in [2.24, 2.45) is 5.92 Å². The highest BCUT2D eigenvalue weighted by Gasteiger charge is 2.20. The second-order valence-electron chi connectivity index (χ2n) is 4.10. The van der Waals surface area contributed by atoms with Gasteiger partial charge in [-0.2, -0.15) is 4.98 Å². The topological polar surface area (TPSA) is 55.1 Å². The van der Waals surface area contributed by atoms with Gasteiger partial charge in [0.25, 0.3) is 5.56 Å². The van der Waals surface area contributed by atoms with Gasteiger partial charge in [0.15, 0.2) is 5.16 Å². The van der Waals surface area contributed by atoms with Gasteiger partial charge in [-0.05, 0) is 12.3 Å². The van der Waals surface area contributed by atoms with Crippen molar-refractivity contribution in [2.45, 2.75) is 32.0 Å². The van der Waals surface area contributed by atoms with Gasteiger partial charge in [0.1, 0.15) is 0 Å². The molecule has 0 unspecified atom stereocenters. The molecule has 1 aliphatic heterocycles. The minimum absolute atomic E-state index is 0.0730. The van der Waals surface area contributed by atoms with Gasteiger partial charge >= 0.3 is 0 Å². The van der Waals surface area contributed by atoms with E-state index < -0.39 is 0 Å². The molecular formula is C10H14N2O2S. The van der Waals surface area contributed by atoms with Gasteiger partial charge in [-0.25, -0.2) is 0 Å². The molecule has 0 bridgehead atoms. The Hall–Kier alpha value is -0.970. The van der Waals surface area contributed by atoms with E-state index in [1.165, 1.54) is 11.8 Å². The monoisotopic (exact) mass is 226 g/mol. The van der Waals surface area contributed by atoms with Crippen molar-refractivity contribution in [3.8, 4) is 5.88 Å². The summed E-state index contributed by atoms with van der Waals surface area (Å²) in [7, 11) is 0. The number of hydrogen-bond donors (Lipinski definition) is 1. The van der Waals surface area contributed by atoms with Crippen LogP contribution in [0.15, 0.2) is 9.95 Å². The minimum Gasteiger partial charge on any atom is -0.493 e. The second kappa shape index (κ2) is 3.89. The summed E-state index contributed by atoms with van der Waals surface area (Å²) in [4.78, 5) is 16.0. The molecule has 1 N–H and O–H groups in total. The van der Waals surface area contributed by atoms with Crippen molar-refractivity contribution < 1.29 is 5.11 Å². The number of nitrogens with zero attached hydrogens (tertiary/aromatic N) is 2. The Balaban J connectivity index is 2.51. The average molecular weight is 226 g/mol. The molecule has 0 fully saturated rings. The first-order valence-electron chi connectivity index (χ1n) is 5.05. The van der Waals surface area contributed by atoms with Crippen molar-refractivity contribution in [1.29, 1.82) is 0 Å². The standard InChI is InChI=1S/C10H14N2O2S/c1-6(2)5-7-8(13)11-10-12(9(7)14)3-4-15-10/h6,13H,3-5H2,1-2H3. The zero-order chi connectivity index (χ0) is 11.0. The van der Waals surface area contributed by atoms with Crippen molar-refractivity contribution in [3.05, 3.63) is 15.9 Å². The van der Waals surface area contributed by atoms with Gasteiger partial charge in [0.2, 0.25) is 5.88 Å². The molecule has 0 aliphatic carbocycles. The highest BCUT2D eigenvalue weighted by molar-refractivity contribution is 7.99. The third-order valence-corrected chi connectivity index (χ3v) is 3.32. The predicted octanol–water partition coefficient (Wildman–Crippen LogP) is 1.25. The minimum atomic E-state index is -0.0886. The van der Waals surface area contributed by atoms with Crippen LogP contribution in [-0.4, -0.2) is 20.4 Å². The molecule has 5 heteroatoms. The number of rotatable bonds is 2. The lowest BCUT2D eigenvalue weighted by atomic mass is 10.1. The Bertz CT molecular complexity index is 440. The maximum atomic E-state index is 12.0. The highest BCUT2D eigenvalue weighted by atomic mass is 32.2. The fraction of sp³-hybridized carbons (Fsp3) is 0.600. The van der Waals surface area contributed by atoms with Gasteiger partial charge in [-0.15, -0.1) is 0 Å². The van der Waals surface area contributed by atoms with E-state index in [1.54, 1.807) is 4.57 Å². The fourth-order valence-electron chi connectivity index (χ4n) is 1.69. The summed E-state index contributed by atoms with van der Waals surface area (Å²) in [5.41, 5.74) is 0.382. The molecule has 2 heterocycles. The van der Waals surface area contributed by atoms with Crippen molar-refractivity contribution in [3.63, 3.8) is 0 Å². The molecule has 15 heavy (non-hydrogen) atoms. The quantitative estimate of drug-likeness (QED) is 0.771. The van der Waals surface area contributed by atoms with Crippen LogP contribution >= 0.6 is 11.8 Å². The second-order valence-corrected chi connectivity index (χ2v) is 5.16. The molecule has 0 atom stereocenters. The Morgan fingerprint density at radius 1 is 1.60 bits per heavy atom. The zero-order valence-electron chi connectivity index (χ0n) is 8.86. The Labute approximate surface area is 92.3 Å². The first-order chi connectivity index (χ1) is 7.09. The van der Waals surface area contributed by atoms with E-state index in [-0.39, 0.29) is 11.4 Å². The van der Waals surface area contributed by atoms with E-state index in [0.717, 1.165) is 5.75 Å². The Morgan fingerprint density at radius 3 is 3.00 bits per heavy atom. The molecule has 1 aromatic rings. The zero-order valence-corrected chi connectivity index (χ0v) is 9.67. The van der Waals surface area contributed by atoms with Crippen LogP contribution in [0.3, 0.4) is 0 Å². The molecule has 0 saturated heterocycles. The number of aromatic hydroxyl groups is 1. The van der Waals surface area contributed by atoms with E-state index in [9.17, 15) is 9.90 Å². The average Bonchev–Trinajstić information content (AvgIpc) is 2.59. The fourth-order valence-corrected chi connectivity index (χ4v) is 2.62. The van der Waals surface area contributed by atoms with Crippen molar-refractivity contribution >= 4 is 11.8 Å². The van der Waals surface area contributed by atoms with Crippen molar-refractivity contribution in [2.75, 3.05) is 5.75 Å². The summed E-state index contributed by atoms with van der Waals surface area (Å²) >= 11 is 1.52. The van der Waals surface area contributed by atoms with Gasteiger partial charge in [-0.1, -0.05) is 25.6 Å². The van der Waals surface area contributed by atoms with Crippen LogP contribution in [-0.2, 0) is 13.0 Å². The van der Waals surface area contributed by atoms with Gasteiger partial charge in [0, 0.05) is 12.3 Å². The summed E-state index contributed by atoms with van der Waals surface area (Å²) in [5.74, 6) is 1.12. The van der Waals surface area contributed by atoms with Crippen LogP contribution in [0.5, 0.6) is 5.88 Å². The van der Waals surface area contributed by atoms with E-state index in [2.05, 4.69) is 4.98 Å². The normalized spacial score (nSPS) is 14.6. The highest BCUT2D eigenvalue weighted by Crippen LogP contribution is 2.25. The van der Waals surface area contributed by atoms with Crippen LogP contribution < -0.4 is 5.56 Å². The van der Waals surface area contributed by atoms with E-state index in [4.69, 9.17) is 0 Å². The summed E-state index contributed by atoms with van der Waals surface area (Å²) < 4.78 is 1.65. The molecule has 2 rings (SSSR count). The molecular weight excluding hydrogens is 212 g/mol. The first kappa shape index (κ1) is 10.5. The Morgan fingerprint density at radius 2 is 2.33 bits per heavy atom. The third-order valence-electron chi connectivity index (χ3n) is 2.36. The summed E-state index contributed by atoms with van der Waals surface area (Å²) in [6, 6.07) is 0. The number of hydrogen-bond acceptors (Lipinski definition) is 4. The van der Waals surface area contributed by atoms with E-state index in [0.29, 0.717) is 29.6 Å². The third kappa shape index (κ3) is 1.88. The summed E-state index contributed by atoms with van der Waals surface area (Å²) in [5, 5.41) is 10.3. The molecule has 0 aromatic carbocycles. The lowest BCUT2D eigenvalue weighted by Gasteiger charge is -2.09. The smallest absolute Gasteiger partial charge is 0.261 e. The van der Waals surface area contributed by atoms with E-state index >= 15 is 0 Å². The van der Waals surface area contributed by atoms with Crippen LogP contribution in [0.2, 0.25) is 0 Å². The van der Waals surface area contributed by atoms with Crippen LogP contribution in [0, 0.1) is 5.92 Å². The molecule has 0 radical (unpaired) electrons. The van der Waals surface area contributed by atoms with Gasteiger partial charge in [-0.3, -0.25) is 9.36 Å². The molecule has 0 amide bonds.